The van der Waals surface area contributed by atoms with E-state index in [0.717, 1.165) is 0 Å². The van der Waals surface area contributed by atoms with Gasteiger partial charge in [-0.3, -0.25) is 14.4 Å². The number of rotatable bonds is 5. The highest BCUT2D eigenvalue weighted by Crippen LogP contribution is 2.39. The van der Waals surface area contributed by atoms with Crippen molar-refractivity contribution in [3.05, 3.63) is 52.1 Å². The minimum Gasteiger partial charge on any atom is -0.497 e. The minimum absolute atomic E-state index is 0.00114. The number of esters is 3. The first-order chi connectivity index (χ1) is 14.2. The number of cyclic esters (lactones) is 2. The first-order valence-corrected chi connectivity index (χ1v) is 9.03. The lowest BCUT2D eigenvalue weighted by molar-refractivity contribution is -0.139. The Morgan fingerprint density at radius 1 is 0.967 bits per heavy atom. The number of Topliss-reactive ketones (excluding diaryl/α,β-unsaturated/α-hetero) is 1. The minimum atomic E-state index is -1.37. The molecule has 1 atom stereocenters. The van der Waals surface area contributed by atoms with Crippen LogP contribution in [-0.4, -0.2) is 37.9 Å². The maximum Gasteiger partial charge on any atom is 0.349 e. The third kappa shape index (κ3) is 3.63. The second-order valence-electron chi connectivity index (χ2n) is 6.83. The van der Waals surface area contributed by atoms with E-state index in [1.165, 1.54) is 45.4 Å². The van der Waals surface area contributed by atoms with Gasteiger partial charge in [0.2, 0.25) is 0 Å². The van der Waals surface area contributed by atoms with Gasteiger partial charge in [-0.05, 0) is 48.7 Å². The maximum absolute atomic E-state index is 13.3. The van der Waals surface area contributed by atoms with Crippen LogP contribution in [0.1, 0.15) is 50.2 Å². The maximum atomic E-state index is 13.3. The first-order valence-electron chi connectivity index (χ1n) is 9.03. The molecule has 30 heavy (non-hydrogen) atoms. The molecule has 0 aromatic heterocycles. The van der Waals surface area contributed by atoms with Gasteiger partial charge in [-0.15, -0.1) is 0 Å². The zero-order valence-corrected chi connectivity index (χ0v) is 17.2. The van der Waals surface area contributed by atoms with Gasteiger partial charge in [-0.25, -0.2) is 4.79 Å². The first kappa shape index (κ1) is 21.0. The SMILES string of the molecule is COc1cc(OC)c2c(c1)C(C(=O)c1cc(C)c(OC(C)=O)c(C)c1)C(=O)OC2=O. The van der Waals surface area contributed by atoms with E-state index in [9.17, 15) is 19.2 Å². The number of fused-ring (bicyclic) bond motifs is 1. The normalized spacial score (nSPS) is 15.2. The van der Waals surface area contributed by atoms with Crippen LogP contribution in [0.3, 0.4) is 0 Å². The van der Waals surface area contributed by atoms with Crippen LogP contribution in [0, 0.1) is 13.8 Å². The Hall–Kier alpha value is -3.68. The molecule has 8 nitrogen and oxygen atoms in total. The fraction of sp³-hybridized carbons (Fsp3) is 0.273. The quantitative estimate of drug-likeness (QED) is 0.319. The van der Waals surface area contributed by atoms with Gasteiger partial charge in [0.15, 0.2) is 5.78 Å². The summed E-state index contributed by atoms with van der Waals surface area (Å²) in [5, 5.41) is 0. The standard InChI is InChI=1S/C22H20O8/c1-10-6-13(7-11(2)20(10)29-12(3)23)19(24)18-15-8-14(27-4)9-16(28-5)17(15)21(25)30-22(18)26/h6-9,18H,1-5H3. The fourth-order valence-electron chi connectivity index (χ4n) is 3.48. The molecular weight excluding hydrogens is 392 g/mol. The number of carbonyl (C=O) groups excluding carboxylic acids is 4. The van der Waals surface area contributed by atoms with Gasteiger partial charge in [-0.2, -0.15) is 0 Å². The largest absolute Gasteiger partial charge is 0.497 e. The number of hydrogen-bond acceptors (Lipinski definition) is 8. The predicted molar refractivity (Wildman–Crippen MR) is 104 cm³/mol. The van der Waals surface area contributed by atoms with Crippen LogP contribution >= 0.6 is 0 Å². The lowest BCUT2D eigenvalue weighted by atomic mass is 9.84. The van der Waals surface area contributed by atoms with E-state index in [1.54, 1.807) is 13.8 Å². The molecule has 156 valence electrons. The van der Waals surface area contributed by atoms with Gasteiger partial charge >= 0.3 is 17.9 Å². The zero-order valence-electron chi connectivity index (χ0n) is 17.2. The highest BCUT2D eigenvalue weighted by atomic mass is 16.6. The predicted octanol–water partition coefficient (Wildman–Crippen LogP) is 2.91. The molecule has 0 fully saturated rings. The van der Waals surface area contributed by atoms with Gasteiger partial charge in [0.1, 0.15) is 28.7 Å². The summed E-state index contributed by atoms with van der Waals surface area (Å²) >= 11 is 0. The summed E-state index contributed by atoms with van der Waals surface area (Å²) in [5.74, 6) is -3.49. The van der Waals surface area contributed by atoms with Crippen molar-refractivity contribution in [2.45, 2.75) is 26.7 Å². The van der Waals surface area contributed by atoms with Crippen LogP contribution in [0.25, 0.3) is 0 Å². The third-order valence-electron chi connectivity index (χ3n) is 4.76. The Kier molecular flexibility index (Phi) is 5.60. The van der Waals surface area contributed by atoms with Gasteiger partial charge in [0.05, 0.1) is 14.2 Å². The Bertz CT molecular complexity index is 1060. The van der Waals surface area contributed by atoms with Crippen molar-refractivity contribution in [3.8, 4) is 17.2 Å². The van der Waals surface area contributed by atoms with Crippen LogP contribution < -0.4 is 14.2 Å². The fourth-order valence-corrected chi connectivity index (χ4v) is 3.48. The lowest BCUT2D eigenvalue weighted by Crippen LogP contribution is -2.33. The second-order valence-corrected chi connectivity index (χ2v) is 6.83. The van der Waals surface area contributed by atoms with E-state index in [1.807, 2.05) is 0 Å². The van der Waals surface area contributed by atoms with E-state index < -0.39 is 29.6 Å². The molecule has 0 aliphatic carbocycles. The lowest BCUT2D eigenvalue weighted by Gasteiger charge is -2.24. The molecule has 2 aromatic carbocycles. The van der Waals surface area contributed by atoms with Crippen molar-refractivity contribution in [2.24, 2.45) is 0 Å². The number of hydrogen-bond donors (Lipinski definition) is 0. The average molecular weight is 412 g/mol. The average Bonchev–Trinajstić information content (AvgIpc) is 2.69. The number of ether oxygens (including phenoxy) is 4. The summed E-state index contributed by atoms with van der Waals surface area (Å²) in [4.78, 5) is 49.5. The number of benzene rings is 2. The van der Waals surface area contributed by atoms with E-state index in [4.69, 9.17) is 18.9 Å². The number of carbonyl (C=O) groups is 4. The molecule has 0 N–H and O–H groups in total. The Labute approximate surface area is 172 Å². The second kappa shape index (κ2) is 7.98. The zero-order chi connectivity index (χ0) is 22.2. The Morgan fingerprint density at radius 2 is 1.60 bits per heavy atom. The molecule has 0 saturated carbocycles. The van der Waals surface area contributed by atoms with Gasteiger partial charge in [-0.1, -0.05) is 0 Å². The Balaban J connectivity index is 2.14. The molecule has 1 aliphatic heterocycles. The molecule has 0 radical (unpaired) electrons. The summed E-state index contributed by atoms with van der Waals surface area (Å²) in [5.41, 5.74) is 1.47. The van der Waals surface area contributed by atoms with Crippen LogP contribution in [0.15, 0.2) is 24.3 Å². The van der Waals surface area contributed by atoms with Crippen LogP contribution in [0.4, 0.5) is 0 Å². The molecule has 1 aliphatic rings. The van der Waals surface area contributed by atoms with Crippen LogP contribution in [-0.2, 0) is 14.3 Å². The van der Waals surface area contributed by atoms with E-state index in [2.05, 4.69) is 0 Å². The summed E-state index contributed by atoms with van der Waals surface area (Å²) < 4.78 is 20.5. The molecule has 1 unspecified atom stereocenters. The molecule has 0 spiro atoms. The number of ketones is 1. The van der Waals surface area contributed by atoms with Crippen molar-refractivity contribution in [1.82, 2.24) is 0 Å². The topological polar surface area (TPSA) is 105 Å². The summed E-state index contributed by atoms with van der Waals surface area (Å²) in [6, 6.07) is 5.97. The van der Waals surface area contributed by atoms with Crippen molar-refractivity contribution in [2.75, 3.05) is 14.2 Å². The van der Waals surface area contributed by atoms with Gasteiger partial charge in [0, 0.05) is 18.6 Å². The van der Waals surface area contributed by atoms with Gasteiger partial charge < -0.3 is 18.9 Å². The molecule has 1 heterocycles. The van der Waals surface area contributed by atoms with Crippen molar-refractivity contribution in [3.63, 3.8) is 0 Å². The summed E-state index contributed by atoms with van der Waals surface area (Å²) in [7, 11) is 2.78. The molecule has 8 heteroatoms. The van der Waals surface area contributed by atoms with Crippen LogP contribution in [0.2, 0.25) is 0 Å². The highest BCUT2D eigenvalue weighted by molar-refractivity contribution is 6.19. The molecule has 3 rings (SSSR count). The van der Waals surface area contributed by atoms with E-state index >= 15 is 0 Å². The van der Waals surface area contributed by atoms with Crippen molar-refractivity contribution < 1.29 is 38.1 Å². The molecular formula is C22H20O8. The van der Waals surface area contributed by atoms with E-state index in [-0.39, 0.29) is 22.4 Å². The molecule has 2 aromatic rings. The monoisotopic (exact) mass is 412 g/mol. The Morgan fingerprint density at radius 3 is 2.13 bits per heavy atom. The summed E-state index contributed by atoms with van der Waals surface area (Å²) in [6.45, 7) is 4.65. The molecule has 0 amide bonds. The van der Waals surface area contributed by atoms with Crippen molar-refractivity contribution in [1.29, 1.82) is 0 Å². The van der Waals surface area contributed by atoms with Crippen molar-refractivity contribution >= 4 is 23.7 Å². The number of aryl methyl sites for hydroxylation is 2. The summed E-state index contributed by atoms with van der Waals surface area (Å²) in [6.07, 6.45) is 0. The smallest absolute Gasteiger partial charge is 0.349 e. The molecule has 0 bridgehead atoms. The highest BCUT2D eigenvalue weighted by Gasteiger charge is 2.42. The van der Waals surface area contributed by atoms with Crippen LogP contribution in [0.5, 0.6) is 17.2 Å². The molecule has 0 saturated heterocycles. The van der Waals surface area contributed by atoms with E-state index in [0.29, 0.717) is 22.6 Å². The van der Waals surface area contributed by atoms with Gasteiger partial charge in [0.25, 0.3) is 0 Å². The number of methoxy groups -OCH3 is 2. The third-order valence-corrected chi connectivity index (χ3v) is 4.76.